The van der Waals surface area contributed by atoms with Crippen LogP contribution in [0.15, 0.2) is 476 Å². The Morgan fingerprint density at radius 1 is 0.133 bits per heavy atom. The summed E-state index contributed by atoms with van der Waals surface area (Å²) in [6.45, 7) is 0. The molecule has 0 bridgehead atoms. The first-order valence-electron chi connectivity index (χ1n) is 48.0. The molecule has 143 heavy (non-hydrogen) atoms. The van der Waals surface area contributed by atoms with Gasteiger partial charge in [-0.2, -0.15) is 0 Å². The number of benzene rings is 24. The summed E-state index contributed by atoms with van der Waals surface area (Å²) in [5.74, 6) is 5.69. The molecule has 0 saturated carbocycles. The van der Waals surface area contributed by atoms with E-state index in [9.17, 15) is 0 Å². The molecule has 24 aromatic carbocycles. The van der Waals surface area contributed by atoms with Gasteiger partial charge < -0.3 is 8.83 Å². The van der Waals surface area contributed by atoms with Crippen molar-refractivity contribution in [3.8, 4) is 114 Å². The van der Waals surface area contributed by atoms with Crippen LogP contribution in [-0.2, 0) is 0 Å². The minimum Gasteiger partial charge on any atom is -0.456 e. The first kappa shape index (κ1) is 82.3. The summed E-state index contributed by atoms with van der Waals surface area (Å²) in [6, 6.07) is 164. The van der Waals surface area contributed by atoms with Crippen molar-refractivity contribution in [1.29, 1.82) is 0 Å². The maximum Gasteiger partial charge on any atom is 0.164 e. The molecule has 0 N–H and O–H groups in total. The van der Waals surface area contributed by atoms with Crippen LogP contribution in [0.25, 0.3) is 296 Å². The van der Waals surface area contributed by atoms with Crippen molar-refractivity contribution in [2.75, 3.05) is 0 Å². The van der Waals surface area contributed by atoms with E-state index in [-0.39, 0.29) is 0 Å². The fourth-order valence-electron chi connectivity index (χ4n) is 21.1. The molecule has 0 aliphatic rings. The number of thiophene rings is 1. The van der Waals surface area contributed by atoms with E-state index in [1.807, 2.05) is 84.1 Å². The molecule has 0 spiro atoms. The molecule has 0 aliphatic carbocycles. The maximum absolute atomic E-state index is 6.27. The minimum absolute atomic E-state index is 0.601. The summed E-state index contributed by atoms with van der Waals surface area (Å²) in [4.78, 5) is 46.4. The first-order chi connectivity index (χ1) is 70.8. The molecule has 0 atom stereocenters. The normalized spacial score (nSPS) is 11.8. The number of para-hydroxylation sites is 2. The Labute approximate surface area is 822 Å². The van der Waals surface area contributed by atoms with Crippen LogP contribution in [0.1, 0.15) is 0 Å². The van der Waals surface area contributed by atoms with Crippen molar-refractivity contribution in [3.63, 3.8) is 0 Å². The molecule has 12 heteroatoms. The highest BCUT2D eigenvalue weighted by molar-refractivity contribution is 7.25. The summed E-state index contributed by atoms with van der Waals surface area (Å²) < 4.78 is 15.0. The van der Waals surface area contributed by atoms with Crippen LogP contribution in [0.2, 0.25) is 0 Å². The van der Waals surface area contributed by atoms with Crippen molar-refractivity contribution < 1.29 is 8.83 Å². The van der Waals surface area contributed by atoms with Gasteiger partial charge >= 0.3 is 0 Å². The second kappa shape index (κ2) is 34.0. The van der Waals surface area contributed by atoms with E-state index in [1.165, 1.54) is 123 Å². The lowest BCUT2D eigenvalue weighted by molar-refractivity contribution is 0.668. The van der Waals surface area contributed by atoms with E-state index in [2.05, 4.69) is 394 Å². The first-order valence-corrected chi connectivity index (χ1v) is 48.8. The molecule has 664 valence electrons. The molecule has 30 rings (SSSR count). The fraction of sp³-hybridized carbons (Fsp3) is 0. The van der Waals surface area contributed by atoms with Gasteiger partial charge in [-0.3, -0.25) is 0 Å². The predicted octanol–water partition coefficient (Wildman–Crippen LogP) is 35.1. The third kappa shape index (κ3) is 14.5. The van der Waals surface area contributed by atoms with Gasteiger partial charge in [-0.25, -0.2) is 44.9 Å². The van der Waals surface area contributed by atoms with Gasteiger partial charge in [0, 0.05) is 91.8 Å². The highest BCUT2D eigenvalue weighted by Gasteiger charge is 2.25. The number of hydrogen-bond donors (Lipinski definition) is 0. The zero-order valence-electron chi connectivity index (χ0n) is 76.7. The van der Waals surface area contributed by atoms with Gasteiger partial charge in [0.05, 0.1) is 0 Å². The van der Waals surface area contributed by atoms with Crippen LogP contribution in [0.5, 0.6) is 0 Å². The lowest BCUT2D eigenvalue weighted by Gasteiger charge is -2.13. The maximum atomic E-state index is 6.27. The third-order valence-electron chi connectivity index (χ3n) is 28.1. The third-order valence-corrected chi connectivity index (χ3v) is 29.3. The SMILES string of the molecule is c1ccc(-c2ccccc2-c2nc(-c3ccc4ccc5c6ccccc6ccc5c4c3)nc(-c3cccc4oc5ccccc5c34)n2)cc1.c1ccc2cc(-c3nc(-c4ccc5ccc6c7ccccc7ccc6c5c4)nc(-c4ccc5sc6ccccc6c5c4)n3)ccc2c1.c1ccc2cc(-c3nc(-c4ccc5ccc6c7ccccc7ccc6c5c4)nc(-c4cccc5oc6ccccc6c45)n3)ccc2c1. The Hall–Kier alpha value is -19.0. The van der Waals surface area contributed by atoms with Crippen molar-refractivity contribution in [3.05, 3.63) is 467 Å². The molecule has 0 fully saturated rings. The largest absolute Gasteiger partial charge is 0.456 e. The quantitative estimate of drug-likeness (QED) is 0.121. The molecule has 0 amide bonds. The standard InChI is InChI=1S/C45H27N3O.C43H25N3O.C43H25N3S/c1-2-11-28(12-3-1)33-15-6-7-16-36(33)44-46-43(47-45(48-44)38-18-10-20-41-42(38)37-17-8-9-19-40(37)49-41)31-22-21-30-24-25-34-32-14-5-4-13-29(32)23-26-35(34)39(30)27-31;1-2-10-29-24-30(18-16-26(29)8-1)41-44-42(46-43(45-41)36-13-7-15-39-40(36)35-12-5-6-14-38(35)47-39)31-19-17-28-21-22-33-32-11-4-3-9-27(32)20-23-34(33)37(28)25-31;1-2-9-29-23-30(15-13-26(29)7-1)41-44-42(46-43(45-41)32-19-22-40-38(25-32)36-11-5-6-12-39(36)47-40)31-16-14-28-18-20-34-33-10-4-3-8-27(33)17-21-35(34)37(28)24-31/h1-27H;2*1-25H. The average molecular weight is 1840 g/mol. The molecule has 6 heterocycles. The van der Waals surface area contributed by atoms with Crippen LogP contribution < -0.4 is 0 Å². The Kier molecular flexibility index (Phi) is 19.6. The van der Waals surface area contributed by atoms with Gasteiger partial charge in [-0.15, -0.1) is 11.3 Å². The van der Waals surface area contributed by atoms with Crippen molar-refractivity contribution in [2.24, 2.45) is 0 Å². The molecule has 0 aliphatic heterocycles. The van der Waals surface area contributed by atoms with Gasteiger partial charge in [0.2, 0.25) is 0 Å². The van der Waals surface area contributed by atoms with Gasteiger partial charge in [-0.1, -0.05) is 388 Å². The Balaban J connectivity index is 0.000000105. The van der Waals surface area contributed by atoms with Gasteiger partial charge in [0.1, 0.15) is 22.3 Å². The number of nitrogens with zero attached hydrogens (tertiary/aromatic N) is 9. The summed E-state index contributed by atoms with van der Waals surface area (Å²) in [5.41, 5.74) is 13.9. The Bertz CT molecular complexity index is 10500. The number of rotatable bonds is 10. The van der Waals surface area contributed by atoms with E-state index in [0.29, 0.717) is 52.4 Å². The molecule has 0 unspecified atom stereocenters. The summed E-state index contributed by atoms with van der Waals surface area (Å²) >= 11 is 1.82. The topological polar surface area (TPSA) is 142 Å². The van der Waals surface area contributed by atoms with Gasteiger partial charge in [0.15, 0.2) is 52.4 Å². The Morgan fingerprint density at radius 3 is 0.825 bits per heavy atom. The lowest BCUT2D eigenvalue weighted by atomic mass is 9.96. The minimum atomic E-state index is 0.601. The van der Waals surface area contributed by atoms with Crippen molar-refractivity contribution >= 4 is 194 Å². The van der Waals surface area contributed by atoms with Crippen molar-refractivity contribution in [2.45, 2.75) is 0 Å². The van der Waals surface area contributed by atoms with Crippen LogP contribution in [0, 0.1) is 0 Å². The van der Waals surface area contributed by atoms with Crippen LogP contribution in [0.4, 0.5) is 0 Å². The molecule has 0 saturated heterocycles. The number of furan rings is 2. The second-order valence-electron chi connectivity index (χ2n) is 36.5. The van der Waals surface area contributed by atoms with Gasteiger partial charge in [0.25, 0.3) is 0 Å². The zero-order chi connectivity index (χ0) is 94.1. The number of hydrogen-bond acceptors (Lipinski definition) is 12. The van der Waals surface area contributed by atoms with E-state index in [1.54, 1.807) is 0 Å². The van der Waals surface area contributed by atoms with E-state index in [0.717, 1.165) is 121 Å². The zero-order valence-corrected chi connectivity index (χ0v) is 77.5. The highest BCUT2D eigenvalue weighted by atomic mass is 32.1. The predicted molar refractivity (Wildman–Crippen MR) is 594 cm³/mol. The molecular weight excluding hydrogens is 1760 g/mol. The Morgan fingerprint density at radius 2 is 0.399 bits per heavy atom. The fourth-order valence-corrected chi connectivity index (χ4v) is 22.2. The van der Waals surface area contributed by atoms with E-state index in [4.69, 9.17) is 53.7 Å². The summed E-state index contributed by atoms with van der Waals surface area (Å²) in [5, 5.41) is 33.1. The van der Waals surface area contributed by atoms with Crippen LogP contribution in [-0.4, -0.2) is 44.9 Å². The summed E-state index contributed by atoms with van der Waals surface area (Å²) in [7, 11) is 0. The smallest absolute Gasteiger partial charge is 0.164 e. The number of fused-ring (bicyclic) bond motifs is 26. The van der Waals surface area contributed by atoms with Crippen LogP contribution in [0.3, 0.4) is 0 Å². The van der Waals surface area contributed by atoms with Crippen LogP contribution >= 0.6 is 11.3 Å². The average Bonchev–Trinajstić information content (AvgIpc) is 1.68. The van der Waals surface area contributed by atoms with E-state index < -0.39 is 0 Å². The monoisotopic (exact) mass is 1840 g/mol. The molecule has 11 nitrogen and oxygen atoms in total. The lowest BCUT2D eigenvalue weighted by Crippen LogP contribution is -2.01. The molecule has 30 aromatic rings. The molecular formula is C131H77N9O2S. The number of aromatic nitrogens is 9. The molecule has 0 radical (unpaired) electrons. The summed E-state index contributed by atoms with van der Waals surface area (Å²) in [6.07, 6.45) is 0. The van der Waals surface area contributed by atoms with E-state index >= 15 is 0 Å². The molecule has 6 aromatic heterocycles. The highest BCUT2D eigenvalue weighted by Crippen LogP contribution is 2.46. The second-order valence-corrected chi connectivity index (χ2v) is 37.6. The van der Waals surface area contributed by atoms with Gasteiger partial charge in [-0.05, 0) is 208 Å². The van der Waals surface area contributed by atoms with Crippen molar-refractivity contribution in [1.82, 2.24) is 44.9 Å².